The Balaban J connectivity index is 1.43. The standard InChI is InChI=1S/C37H33NO6/c1-4-5-18-42-37(41)26-14-16-28(17-15-26)38-33(27-12-9-13-29(21-27)43-22-25-10-7-6-8-11-25)32-34(39)30-19-23(2)24(3)20-31(30)44-35(32)36(38)40/h6-17,19-21,33H,4-5,18,22H2,1-3H3. The lowest BCUT2D eigenvalue weighted by atomic mass is 9.97. The van der Waals surface area contributed by atoms with Crippen molar-refractivity contribution in [1.29, 1.82) is 0 Å². The maximum Gasteiger partial charge on any atom is 0.338 e. The highest BCUT2D eigenvalue weighted by Crippen LogP contribution is 2.42. The Morgan fingerprint density at radius 1 is 0.886 bits per heavy atom. The number of carbonyl (C=O) groups is 2. The minimum atomic E-state index is -0.776. The average molecular weight is 588 g/mol. The smallest absolute Gasteiger partial charge is 0.338 e. The molecule has 7 nitrogen and oxygen atoms in total. The van der Waals surface area contributed by atoms with Crippen LogP contribution < -0.4 is 15.1 Å². The molecule has 2 heterocycles. The van der Waals surface area contributed by atoms with Crippen LogP contribution in [0.1, 0.15) is 74.5 Å². The van der Waals surface area contributed by atoms with Crippen LogP contribution in [0.15, 0.2) is 100 Å². The second kappa shape index (κ2) is 12.2. The molecule has 1 unspecified atom stereocenters. The third-order valence-corrected chi connectivity index (χ3v) is 8.02. The molecule has 7 heteroatoms. The molecule has 0 spiro atoms. The predicted octanol–water partition coefficient (Wildman–Crippen LogP) is 7.70. The van der Waals surface area contributed by atoms with Crippen molar-refractivity contribution < 1.29 is 23.5 Å². The molecule has 0 bridgehead atoms. The van der Waals surface area contributed by atoms with Gasteiger partial charge in [0.05, 0.1) is 29.2 Å². The van der Waals surface area contributed by atoms with Gasteiger partial charge in [0.25, 0.3) is 5.91 Å². The Morgan fingerprint density at radius 3 is 2.39 bits per heavy atom. The van der Waals surface area contributed by atoms with Crippen molar-refractivity contribution >= 4 is 28.5 Å². The van der Waals surface area contributed by atoms with Gasteiger partial charge in [0.2, 0.25) is 5.76 Å². The van der Waals surface area contributed by atoms with Crippen molar-refractivity contribution in [2.24, 2.45) is 0 Å². The number of nitrogens with zero attached hydrogens (tertiary/aromatic N) is 1. The molecule has 0 saturated heterocycles. The van der Waals surface area contributed by atoms with Crippen molar-refractivity contribution in [2.75, 3.05) is 11.5 Å². The van der Waals surface area contributed by atoms with E-state index in [9.17, 15) is 14.4 Å². The topological polar surface area (TPSA) is 86.0 Å². The Labute approximate surface area is 255 Å². The van der Waals surface area contributed by atoms with Gasteiger partial charge in [-0.25, -0.2) is 4.79 Å². The number of hydrogen-bond acceptors (Lipinski definition) is 6. The van der Waals surface area contributed by atoms with Crippen molar-refractivity contribution in [3.63, 3.8) is 0 Å². The number of carbonyl (C=O) groups excluding carboxylic acids is 2. The molecule has 0 N–H and O–H groups in total. The lowest BCUT2D eigenvalue weighted by molar-refractivity contribution is 0.0499. The normalized spacial score (nSPS) is 14.1. The van der Waals surface area contributed by atoms with Crippen LogP contribution >= 0.6 is 0 Å². The third kappa shape index (κ3) is 5.49. The second-order valence-electron chi connectivity index (χ2n) is 11.1. The SMILES string of the molecule is CCCCOC(=O)c1ccc(N2C(=O)c3oc4cc(C)c(C)cc4c(=O)c3C2c2cccc(OCc3ccccc3)c2)cc1. The maximum absolute atomic E-state index is 14.1. The van der Waals surface area contributed by atoms with Crippen LogP contribution in [0.4, 0.5) is 5.69 Å². The third-order valence-electron chi connectivity index (χ3n) is 8.02. The average Bonchev–Trinajstić information content (AvgIpc) is 3.34. The number of esters is 1. The zero-order valence-corrected chi connectivity index (χ0v) is 25.0. The van der Waals surface area contributed by atoms with Crippen LogP contribution in [0.2, 0.25) is 0 Å². The molecular weight excluding hydrogens is 554 g/mol. The number of fused-ring (bicyclic) bond motifs is 2. The van der Waals surface area contributed by atoms with Crippen molar-refractivity contribution in [2.45, 2.75) is 46.3 Å². The number of anilines is 1. The molecule has 1 aromatic heterocycles. The first-order valence-corrected chi connectivity index (χ1v) is 14.8. The summed E-state index contributed by atoms with van der Waals surface area (Å²) in [6.45, 7) is 6.63. The summed E-state index contributed by atoms with van der Waals surface area (Å²) < 4.78 is 17.6. The van der Waals surface area contributed by atoms with Crippen molar-refractivity contribution in [3.8, 4) is 5.75 Å². The monoisotopic (exact) mass is 587 g/mol. The molecule has 4 aromatic carbocycles. The van der Waals surface area contributed by atoms with Gasteiger partial charge in [-0.15, -0.1) is 0 Å². The number of ether oxygens (including phenoxy) is 2. The molecule has 5 aromatic rings. The summed E-state index contributed by atoms with van der Waals surface area (Å²) in [6, 6.07) is 26.8. The quantitative estimate of drug-likeness (QED) is 0.130. The van der Waals surface area contributed by atoms with E-state index in [0.29, 0.717) is 46.7 Å². The highest BCUT2D eigenvalue weighted by atomic mass is 16.5. The number of unbranched alkanes of at least 4 members (excludes halogenated alkanes) is 1. The van der Waals surface area contributed by atoms with E-state index in [-0.39, 0.29) is 16.8 Å². The fourth-order valence-electron chi connectivity index (χ4n) is 5.48. The van der Waals surface area contributed by atoms with E-state index < -0.39 is 17.9 Å². The van der Waals surface area contributed by atoms with E-state index in [4.69, 9.17) is 13.9 Å². The number of aryl methyl sites for hydroxylation is 2. The van der Waals surface area contributed by atoms with Crippen molar-refractivity contribution in [1.82, 2.24) is 0 Å². The highest BCUT2D eigenvalue weighted by molar-refractivity contribution is 6.11. The lowest BCUT2D eigenvalue weighted by Crippen LogP contribution is -2.29. The number of benzene rings is 4. The molecule has 0 radical (unpaired) electrons. The molecule has 222 valence electrons. The van der Waals surface area contributed by atoms with Gasteiger partial charge >= 0.3 is 5.97 Å². The highest BCUT2D eigenvalue weighted by Gasteiger charge is 2.44. The van der Waals surface area contributed by atoms with E-state index >= 15 is 0 Å². The van der Waals surface area contributed by atoms with Crippen LogP contribution in [0.5, 0.6) is 5.75 Å². The first-order chi connectivity index (χ1) is 21.4. The number of hydrogen-bond donors (Lipinski definition) is 0. The van der Waals surface area contributed by atoms with Gasteiger partial charge in [0, 0.05) is 5.69 Å². The molecule has 0 fully saturated rings. The van der Waals surface area contributed by atoms with E-state index in [1.54, 1.807) is 35.2 Å². The van der Waals surface area contributed by atoms with Crippen LogP contribution in [0.25, 0.3) is 11.0 Å². The molecule has 1 amide bonds. The summed E-state index contributed by atoms with van der Waals surface area (Å²) in [5, 5.41) is 0.424. The largest absolute Gasteiger partial charge is 0.489 e. The molecule has 1 aliphatic heterocycles. The van der Waals surface area contributed by atoms with E-state index in [2.05, 4.69) is 0 Å². The van der Waals surface area contributed by atoms with Gasteiger partial charge in [0.1, 0.15) is 17.9 Å². The van der Waals surface area contributed by atoms with Crippen LogP contribution in [0, 0.1) is 13.8 Å². The van der Waals surface area contributed by atoms with E-state index in [1.807, 2.05) is 81.4 Å². The first-order valence-electron chi connectivity index (χ1n) is 14.8. The predicted molar refractivity (Wildman–Crippen MR) is 169 cm³/mol. The maximum atomic E-state index is 14.1. The Hall–Kier alpha value is -5.17. The van der Waals surface area contributed by atoms with E-state index in [1.165, 1.54) is 0 Å². The molecule has 44 heavy (non-hydrogen) atoms. The Bertz CT molecular complexity index is 1910. The van der Waals surface area contributed by atoms with Gasteiger partial charge in [-0.3, -0.25) is 14.5 Å². The van der Waals surface area contributed by atoms with Gasteiger partial charge in [-0.05, 0) is 91.1 Å². The molecule has 0 aliphatic carbocycles. The van der Waals surface area contributed by atoms with Crippen molar-refractivity contribution in [3.05, 3.63) is 140 Å². The van der Waals surface area contributed by atoms with Gasteiger partial charge < -0.3 is 13.9 Å². The Morgan fingerprint density at radius 2 is 1.64 bits per heavy atom. The Kier molecular flexibility index (Phi) is 8.03. The molecule has 1 aliphatic rings. The second-order valence-corrected chi connectivity index (χ2v) is 11.1. The van der Waals surface area contributed by atoms with Gasteiger partial charge in [-0.2, -0.15) is 0 Å². The molecule has 0 saturated carbocycles. The van der Waals surface area contributed by atoms with Gasteiger partial charge in [-0.1, -0.05) is 55.8 Å². The summed E-state index contributed by atoms with van der Waals surface area (Å²) >= 11 is 0. The molecule has 6 rings (SSSR count). The van der Waals surface area contributed by atoms with Crippen LogP contribution in [-0.4, -0.2) is 18.5 Å². The summed E-state index contributed by atoms with van der Waals surface area (Å²) in [7, 11) is 0. The summed E-state index contributed by atoms with van der Waals surface area (Å²) in [5.41, 5.74) is 4.93. The zero-order chi connectivity index (χ0) is 30.8. The lowest BCUT2D eigenvalue weighted by Gasteiger charge is -2.25. The van der Waals surface area contributed by atoms with Crippen LogP contribution in [-0.2, 0) is 11.3 Å². The minimum Gasteiger partial charge on any atom is -0.489 e. The molecule has 1 atom stereocenters. The minimum absolute atomic E-state index is 0.00871. The van der Waals surface area contributed by atoms with Crippen LogP contribution in [0.3, 0.4) is 0 Å². The first kappa shape index (κ1) is 28.9. The molecular formula is C37H33NO6. The van der Waals surface area contributed by atoms with E-state index in [0.717, 1.165) is 29.5 Å². The summed E-state index contributed by atoms with van der Waals surface area (Å²) in [5.74, 6) is -0.241. The fraction of sp³-hybridized carbons (Fsp3) is 0.216. The fourth-order valence-corrected chi connectivity index (χ4v) is 5.48. The number of rotatable bonds is 9. The van der Waals surface area contributed by atoms with Gasteiger partial charge in [0.15, 0.2) is 5.43 Å². The zero-order valence-electron chi connectivity index (χ0n) is 25.0. The summed E-state index contributed by atoms with van der Waals surface area (Å²) in [4.78, 5) is 42.3. The summed E-state index contributed by atoms with van der Waals surface area (Å²) in [6.07, 6.45) is 1.71. The number of amides is 1.